The van der Waals surface area contributed by atoms with Crippen molar-refractivity contribution in [1.29, 1.82) is 0 Å². The molecule has 11 aromatic rings. The summed E-state index contributed by atoms with van der Waals surface area (Å²) in [7, 11) is 0. The molecule has 0 N–H and O–H groups in total. The van der Waals surface area contributed by atoms with Crippen LogP contribution in [-0.2, 0) is 0 Å². The van der Waals surface area contributed by atoms with Crippen LogP contribution in [0.15, 0.2) is 186 Å². The highest BCUT2D eigenvalue weighted by molar-refractivity contribution is 6.32. The summed E-state index contributed by atoms with van der Waals surface area (Å²) in [6, 6.07) is 66.1. The Bertz CT molecular complexity index is 3070. The SMILES string of the molecule is c1ccc(-c2ccc(-c3c4ccccc4c(-c4ccc5oc6c(ccc7c8ccccc8c8ccccc8c76)c5c4)c4ccccc34)cc2)cc1. The monoisotopic (exact) mass is 646 g/mol. The molecule has 0 aliphatic carbocycles. The van der Waals surface area contributed by atoms with E-state index in [1.165, 1.54) is 87.2 Å². The van der Waals surface area contributed by atoms with Crippen LogP contribution >= 0.6 is 0 Å². The highest BCUT2D eigenvalue weighted by atomic mass is 16.3. The molecule has 0 saturated heterocycles. The van der Waals surface area contributed by atoms with Crippen LogP contribution in [-0.4, -0.2) is 0 Å². The van der Waals surface area contributed by atoms with Gasteiger partial charge in [-0.05, 0) is 100 Å². The normalized spacial score (nSPS) is 11.9. The van der Waals surface area contributed by atoms with E-state index in [1.54, 1.807) is 0 Å². The quantitative estimate of drug-likeness (QED) is 0.138. The maximum absolute atomic E-state index is 6.81. The number of hydrogen-bond donors (Lipinski definition) is 0. The second-order valence-corrected chi connectivity index (χ2v) is 13.6. The second kappa shape index (κ2) is 10.9. The van der Waals surface area contributed by atoms with Crippen LogP contribution in [0, 0.1) is 0 Å². The average Bonchev–Trinajstić information content (AvgIpc) is 3.58. The van der Waals surface area contributed by atoms with Gasteiger partial charge in [0, 0.05) is 16.2 Å². The van der Waals surface area contributed by atoms with Crippen molar-refractivity contribution in [3.05, 3.63) is 182 Å². The molecule has 0 saturated carbocycles. The Labute approximate surface area is 294 Å². The Morgan fingerprint density at radius 2 is 0.667 bits per heavy atom. The molecule has 0 spiro atoms. The van der Waals surface area contributed by atoms with Crippen LogP contribution in [0.5, 0.6) is 0 Å². The first-order valence-electron chi connectivity index (χ1n) is 17.6. The lowest BCUT2D eigenvalue weighted by Gasteiger charge is -2.18. The summed E-state index contributed by atoms with van der Waals surface area (Å²) in [5, 5.41) is 14.7. The molecule has 0 aliphatic rings. The minimum absolute atomic E-state index is 0.905. The van der Waals surface area contributed by atoms with Crippen molar-refractivity contribution in [2.75, 3.05) is 0 Å². The van der Waals surface area contributed by atoms with Gasteiger partial charge in [-0.15, -0.1) is 0 Å². The number of furan rings is 1. The third kappa shape index (κ3) is 4.16. The van der Waals surface area contributed by atoms with Gasteiger partial charge < -0.3 is 4.42 Å². The van der Waals surface area contributed by atoms with Crippen molar-refractivity contribution in [1.82, 2.24) is 0 Å². The maximum Gasteiger partial charge on any atom is 0.143 e. The van der Waals surface area contributed by atoms with Crippen LogP contribution in [0.1, 0.15) is 0 Å². The van der Waals surface area contributed by atoms with Gasteiger partial charge in [-0.2, -0.15) is 0 Å². The van der Waals surface area contributed by atoms with Crippen LogP contribution in [0.3, 0.4) is 0 Å². The molecule has 1 nitrogen and oxygen atoms in total. The van der Waals surface area contributed by atoms with Gasteiger partial charge in [0.05, 0.1) is 0 Å². The van der Waals surface area contributed by atoms with Crippen molar-refractivity contribution in [3.63, 3.8) is 0 Å². The van der Waals surface area contributed by atoms with Gasteiger partial charge in [0.2, 0.25) is 0 Å². The van der Waals surface area contributed by atoms with Gasteiger partial charge in [0.25, 0.3) is 0 Å². The van der Waals surface area contributed by atoms with Crippen LogP contribution in [0.4, 0.5) is 0 Å². The van der Waals surface area contributed by atoms with Crippen molar-refractivity contribution >= 4 is 75.8 Å². The summed E-state index contributed by atoms with van der Waals surface area (Å²) in [4.78, 5) is 0. The average molecular weight is 647 g/mol. The minimum Gasteiger partial charge on any atom is -0.455 e. The van der Waals surface area contributed by atoms with Gasteiger partial charge in [-0.3, -0.25) is 0 Å². The molecule has 0 atom stereocenters. The largest absolute Gasteiger partial charge is 0.455 e. The molecule has 0 bridgehead atoms. The molecule has 51 heavy (non-hydrogen) atoms. The lowest BCUT2D eigenvalue weighted by atomic mass is 9.85. The van der Waals surface area contributed by atoms with Crippen molar-refractivity contribution < 1.29 is 4.42 Å². The highest BCUT2D eigenvalue weighted by Crippen LogP contribution is 2.46. The molecule has 0 aliphatic heterocycles. The van der Waals surface area contributed by atoms with Crippen molar-refractivity contribution in [2.45, 2.75) is 0 Å². The molecule has 0 radical (unpaired) electrons. The smallest absolute Gasteiger partial charge is 0.143 e. The fourth-order valence-corrected chi connectivity index (χ4v) is 8.59. The molecule has 0 amide bonds. The predicted octanol–water partition coefficient (Wildman–Crippen LogP) is 14.4. The first-order valence-corrected chi connectivity index (χ1v) is 17.6. The van der Waals surface area contributed by atoms with Gasteiger partial charge in [-0.1, -0.05) is 164 Å². The Hall–Kier alpha value is -6.70. The molecule has 1 aromatic heterocycles. The van der Waals surface area contributed by atoms with Crippen molar-refractivity contribution in [2.24, 2.45) is 0 Å². The number of hydrogen-bond acceptors (Lipinski definition) is 1. The van der Waals surface area contributed by atoms with Gasteiger partial charge in [0.15, 0.2) is 0 Å². The predicted molar refractivity (Wildman–Crippen MR) is 218 cm³/mol. The molecule has 0 unspecified atom stereocenters. The Morgan fingerprint density at radius 3 is 1.27 bits per heavy atom. The standard InChI is InChI=1S/C50H30O/c1-2-12-31(13-3-1)32-22-24-33(25-23-32)47-39-18-8-10-20-41(39)48(42-21-11-9-19-40(42)47)34-26-29-46-45(30-34)44-28-27-43-37-16-5-4-14-35(37)36-15-6-7-17-38(36)49(43)50(44)51-46/h1-30H. The van der Waals surface area contributed by atoms with E-state index in [-0.39, 0.29) is 0 Å². The van der Waals surface area contributed by atoms with Gasteiger partial charge in [-0.25, -0.2) is 0 Å². The van der Waals surface area contributed by atoms with E-state index in [1.807, 2.05) is 0 Å². The lowest BCUT2D eigenvalue weighted by molar-refractivity contribution is 0.673. The summed E-state index contributed by atoms with van der Waals surface area (Å²) in [5.74, 6) is 0. The van der Waals surface area contributed by atoms with E-state index in [9.17, 15) is 0 Å². The minimum atomic E-state index is 0.905. The number of fused-ring (bicyclic) bond motifs is 12. The van der Waals surface area contributed by atoms with Crippen LogP contribution in [0.2, 0.25) is 0 Å². The van der Waals surface area contributed by atoms with E-state index in [4.69, 9.17) is 4.42 Å². The Balaban J connectivity index is 1.16. The van der Waals surface area contributed by atoms with E-state index < -0.39 is 0 Å². The molecule has 11 rings (SSSR count). The first-order chi connectivity index (χ1) is 25.3. The summed E-state index contributed by atoms with van der Waals surface area (Å²) in [6.45, 7) is 0. The van der Waals surface area contributed by atoms with Crippen LogP contribution < -0.4 is 0 Å². The zero-order chi connectivity index (χ0) is 33.5. The number of benzene rings is 10. The van der Waals surface area contributed by atoms with E-state index in [2.05, 4.69) is 182 Å². The lowest BCUT2D eigenvalue weighted by Crippen LogP contribution is -1.91. The molecule has 0 fully saturated rings. The molecule has 236 valence electrons. The molecule has 1 heterocycles. The maximum atomic E-state index is 6.81. The second-order valence-electron chi connectivity index (χ2n) is 13.6. The fourth-order valence-electron chi connectivity index (χ4n) is 8.59. The topological polar surface area (TPSA) is 13.1 Å². The van der Waals surface area contributed by atoms with Crippen LogP contribution in [0.25, 0.3) is 109 Å². The molecule has 1 heteroatoms. The Kier molecular flexibility index (Phi) is 6.02. The third-order valence-corrected chi connectivity index (χ3v) is 10.8. The summed E-state index contributed by atoms with van der Waals surface area (Å²) >= 11 is 0. The zero-order valence-electron chi connectivity index (χ0n) is 27.7. The van der Waals surface area contributed by atoms with Gasteiger partial charge >= 0.3 is 0 Å². The van der Waals surface area contributed by atoms with Crippen molar-refractivity contribution in [3.8, 4) is 33.4 Å². The third-order valence-electron chi connectivity index (χ3n) is 10.8. The summed E-state index contributed by atoms with van der Waals surface area (Å²) < 4.78 is 6.81. The highest BCUT2D eigenvalue weighted by Gasteiger charge is 2.20. The fraction of sp³-hybridized carbons (Fsp3) is 0. The van der Waals surface area contributed by atoms with E-state index in [0.29, 0.717) is 0 Å². The first kappa shape index (κ1) is 28.2. The number of rotatable bonds is 3. The van der Waals surface area contributed by atoms with Gasteiger partial charge in [0.1, 0.15) is 11.2 Å². The summed E-state index contributed by atoms with van der Waals surface area (Å²) in [5.41, 5.74) is 9.23. The molecule has 10 aromatic carbocycles. The Morgan fingerprint density at radius 1 is 0.255 bits per heavy atom. The van der Waals surface area contributed by atoms with E-state index >= 15 is 0 Å². The summed E-state index contributed by atoms with van der Waals surface area (Å²) in [6.07, 6.45) is 0. The van der Waals surface area contributed by atoms with E-state index in [0.717, 1.165) is 21.9 Å². The molecular formula is C50H30O. The zero-order valence-corrected chi connectivity index (χ0v) is 27.7. The molecular weight excluding hydrogens is 617 g/mol.